The number of nitrogens with one attached hydrogen (secondary N) is 1. The fourth-order valence-electron chi connectivity index (χ4n) is 1.62. The molecule has 19 heavy (non-hydrogen) atoms. The number of thioether (sulfide) groups is 1. The van der Waals surface area contributed by atoms with Crippen LogP contribution in [0.15, 0.2) is 33.2 Å². The molecule has 1 N–H and O–H groups in total. The predicted molar refractivity (Wildman–Crippen MR) is 77.3 cm³/mol. The molecule has 0 aliphatic carbocycles. The van der Waals surface area contributed by atoms with Crippen LogP contribution in [-0.4, -0.2) is 6.26 Å². The highest BCUT2D eigenvalue weighted by Gasteiger charge is 2.10. The summed E-state index contributed by atoms with van der Waals surface area (Å²) in [7, 11) is 0. The molecule has 0 spiro atoms. The maximum Gasteiger partial charge on any atom is 0.150 e. The molecule has 0 unspecified atom stereocenters. The van der Waals surface area contributed by atoms with Crippen molar-refractivity contribution in [3.8, 4) is 0 Å². The lowest BCUT2D eigenvalue weighted by atomic mass is 10.3. The summed E-state index contributed by atoms with van der Waals surface area (Å²) in [5, 5.41) is 2.89. The molecule has 6 heteroatoms. The lowest BCUT2D eigenvalue weighted by molar-refractivity contribution is 0.487. The van der Waals surface area contributed by atoms with Gasteiger partial charge in [0.05, 0.1) is 18.0 Å². The first-order valence-corrected chi connectivity index (χ1v) is 7.74. The molecule has 0 radical (unpaired) electrons. The van der Waals surface area contributed by atoms with Crippen LogP contribution in [0.2, 0.25) is 0 Å². The van der Waals surface area contributed by atoms with E-state index in [2.05, 4.69) is 21.2 Å². The number of rotatable bonds is 5. The van der Waals surface area contributed by atoms with Crippen LogP contribution in [0.5, 0.6) is 0 Å². The van der Waals surface area contributed by atoms with Crippen molar-refractivity contribution in [3.05, 3.63) is 51.9 Å². The topological polar surface area (TPSA) is 25.2 Å². The van der Waals surface area contributed by atoms with Gasteiger partial charge in [0.1, 0.15) is 23.2 Å². The van der Waals surface area contributed by atoms with Crippen LogP contribution in [0.4, 0.5) is 14.5 Å². The summed E-state index contributed by atoms with van der Waals surface area (Å²) in [5.41, 5.74) is 0.226. The number of halogens is 3. The van der Waals surface area contributed by atoms with Crippen LogP contribution < -0.4 is 5.32 Å². The number of benzene rings is 1. The van der Waals surface area contributed by atoms with Crippen LogP contribution in [0.1, 0.15) is 11.5 Å². The van der Waals surface area contributed by atoms with Gasteiger partial charge in [-0.1, -0.05) is 0 Å². The molecular formula is C13H12BrF2NOS. The fourth-order valence-corrected chi connectivity index (χ4v) is 2.61. The molecular weight excluding hydrogens is 336 g/mol. The molecule has 0 bridgehead atoms. The molecule has 2 aromatic rings. The summed E-state index contributed by atoms with van der Waals surface area (Å²) >= 11 is 4.79. The van der Waals surface area contributed by atoms with Gasteiger partial charge in [0, 0.05) is 10.5 Å². The Morgan fingerprint density at radius 3 is 2.68 bits per heavy atom. The molecule has 0 aliphatic rings. The average Bonchev–Trinajstić information content (AvgIpc) is 2.76. The summed E-state index contributed by atoms with van der Waals surface area (Å²) in [4.78, 5) is 0. The van der Waals surface area contributed by atoms with Gasteiger partial charge >= 0.3 is 0 Å². The van der Waals surface area contributed by atoms with Crippen molar-refractivity contribution in [2.24, 2.45) is 0 Å². The molecule has 1 aromatic heterocycles. The third-order valence-electron chi connectivity index (χ3n) is 2.45. The first-order valence-electron chi connectivity index (χ1n) is 5.55. The summed E-state index contributed by atoms with van der Waals surface area (Å²) in [6, 6.07) is 5.79. The second-order valence-electron chi connectivity index (χ2n) is 3.90. The van der Waals surface area contributed by atoms with Gasteiger partial charge in [0.2, 0.25) is 0 Å². The first kappa shape index (κ1) is 14.4. The Bertz CT molecular complexity index is 551. The highest BCUT2D eigenvalue weighted by molar-refractivity contribution is 9.10. The molecule has 0 saturated heterocycles. The Hall–Kier alpha value is -1.01. The number of hydrogen-bond donors (Lipinski definition) is 1. The average molecular weight is 348 g/mol. The highest BCUT2D eigenvalue weighted by atomic mass is 79.9. The Morgan fingerprint density at radius 1 is 1.26 bits per heavy atom. The molecule has 0 amide bonds. The SMILES string of the molecule is CSCc1ccc(CNc2c(F)cc(F)cc2Br)o1. The van der Waals surface area contributed by atoms with Crippen molar-refractivity contribution in [2.45, 2.75) is 12.3 Å². The maximum absolute atomic E-state index is 13.6. The minimum Gasteiger partial charge on any atom is -0.463 e. The minimum atomic E-state index is -0.636. The van der Waals surface area contributed by atoms with Crippen molar-refractivity contribution in [3.63, 3.8) is 0 Å². The van der Waals surface area contributed by atoms with Crippen LogP contribution >= 0.6 is 27.7 Å². The first-order chi connectivity index (χ1) is 9.10. The van der Waals surface area contributed by atoms with Gasteiger partial charge in [-0.3, -0.25) is 0 Å². The van der Waals surface area contributed by atoms with E-state index in [1.807, 2.05) is 18.4 Å². The van der Waals surface area contributed by atoms with Crippen molar-refractivity contribution < 1.29 is 13.2 Å². The molecule has 1 aromatic carbocycles. The smallest absolute Gasteiger partial charge is 0.150 e. The zero-order chi connectivity index (χ0) is 13.8. The maximum atomic E-state index is 13.6. The van der Waals surface area contributed by atoms with E-state index in [4.69, 9.17) is 4.42 Å². The van der Waals surface area contributed by atoms with E-state index in [1.165, 1.54) is 6.07 Å². The van der Waals surface area contributed by atoms with Gasteiger partial charge in [-0.25, -0.2) is 8.78 Å². The lowest BCUT2D eigenvalue weighted by Crippen LogP contribution is -2.02. The van der Waals surface area contributed by atoms with Crippen molar-refractivity contribution >= 4 is 33.4 Å². The highest BCUT2D eigenvalue weighted by Crippen LogP contribution is 2.27. The van der Waals surface area contributed by atoms with Crippen molar-refractivity contribution in [1.82, 2.24) is 0 Å². The normalized spacial score (nSPS) is 10.7. The Kier molecular flexibility index (Phi) is 4.87. The summed E-state index contributed by atoms with van der Waals surface area (Å²) < 4.78 is 32.4. The molecule has 2 rings (SSSR count). The van der Waals surface area contributed by atoms with Gasteiger partial charge in [-0.15, -0.1) is 0 Å². The predicted octanol–water partition coefficient (Wildman–Crippen LogP) is 4.80. The Labute approximate surface area is 122 Å². The molecule has 0 fully saturated rings. The van der Waals surface area contributed by atoms with Gasteiger partial charge < -0.3 is 9.73 Å². The minimum absolute atomic E-state index is 0.226. The van der Waals surface area contributed by atoms with Crippen LogP contribution in [0, 0.1) is 11.6 Å². The third-order valence-corrected chi connectivity index (χ3v) is 3.65. The van der Waals surface area contributed by atoms with E-state index in [0.29, 0.717) is 16.8 Å². The lowest BCUT2D eigenvalue weighted by Gasteiger charge is -2.08. The second-order valence-corrected chi connectivity index (χ2v) is 5.62. The fraction of sp³-hybridized carbons (Fsp3) is 0.231. The summed E-state index contributed by atoms with van der Waals surface area (Å²) in [5.74, 6) is 1.13. The summed E-state index contributed by atoms with van der Waals surface area (Å²) in [6.07, 6.45) is 1.99. The summed E-state index contributed by atoms with van der Waals surface area (Å²) in [6.45, 7) is 0.343. The molecule has 0 atom stereocenters. The van der Waals surface area contributed by atoms with Crippen molar-refractivity contribution in [1.29, 1.82) is 0 Å². The molecule has 1 heterocycles. The Balaban J connectivity index is 2.05. The zero-order valence-corrected chi connectivity index (χ0v) is 12.6. The standard InChI is InChI=1S/C13H12BrF2NOS/c1-19-7-10-3-2-9(18-10)6-17-13-11(14)4-8(15)5-12(13)16/h2-5,17H,6-7H2,1H3. The molecule has 0 saturated carbocycles. The van der Waals surface area contributed by atoms with E-state index in [1.54, 1.807) is 11.8 Å². The van der Waals surface area contributed by atoms with E-state index < -0.39 is 11.6 Å². The third kappa shape index (κ3) is 3.73. The van der Waals surface area contributed by atoms with E-state index in [9.17, 15) is 8.78 Å². The van der Waals surface area contributed by atoms with Crippen LogP contribution in [-0.2, 0) is 12.3 Å². The second kappa shape index (κ2) is 6.43. The van der Waals surface area contributed by atoms with Gasteiger partial charge in [-0.05, 0) is 40.4 Å². The molecule has 0 aliphatic heterocycles. The van der Waals surface area contributed by atoms with E-state index in [-0.39, 0.29) is 5.69 Å². The van der Waals surface area contributed by atoms with Crippen LogP contribution in [0.25, 0.3) is 0 Å². The van der Waals surface area contributed by atoms with Crippen LogP contribution in [0.3, 0.4) is 0 Å². The number of anilines is 1. The van der Waals surface area contributed by atoms with Crippen molar-refractivity contribution in [2.75, 3.05) is 11.6 Å². The number of furan rings is 1. The number of hydrogen-bond acceptors (Lipinski definition) is 3. The van der Waals surface area contributed by atoms with Gasteiger partial charge in [0.25, 0.3) is 0 Å². The zero-order valence-electron chi connectivity index (χ0n) is 10.2. The van der Waals surface area contributed by atoms with E-state index >= 15 is 0 Å². The molecule has 102 valence electrons. The largest absolute Gasteiger partial charge is 0.463 e. The monoisotopic (exact) mass is 347 g/mol. The Morgan fingerprint density at radius 2 is 2.00 bits per heavy atom. The molecule has 2 nitrogen and oxygen atoms in total. The quantitative estimate of drug-likeness (QED) is 0.841. The van der Waals surface area contributed by atoms with Gasteiger partial charge in [-0.2, -0.15) is 11.8 Å². The van der Waals surface area contributed by atoms with Gasteiger partial charge in [0.15, 0.2) is 0 Å². The van der Waals surface area contributed by atoms with E-state index in [0.717, 1.165) is 17.6 Å².